The Kier molecular flexibility index (Phi) is 1.53. The number of nitrogens with zero attached hydrogens (tertiary/aromatic N) is 1. The number of aromatic nitrogens is 1. The molecule has 0 amide bonds. The van der Waals surface area contributed by atoms with Gasteiger partial charge in [0.2, 0.25) is 5.95 Å². The summed E-state index contributed by atoms with van der Waals surface area (Å²) < 4.78 is 12.2. The van der Waals surface area contributed by atoms with E-state index in [1.54, 1.807) is 0 Å². The Balaban J connectivity index is 3.17. The van der Waals surface area contributed by atoms with Crippen molar-refractivity contribution >= 4 is 17.4 Å². The third kappa shape index (κ3) is 1.54. The van der Waals surface area contributed by atoms with Crippen LogP contribution >= 0.6 is 11.6 Å². The van der Waals surface area contributed by atoms with Gasteiger partial charge >= 0.3 is 0 Å². The predicted molar refractivity (Wildman–Crippen MR) is 33.6 cm³/mol. The summed E-state index contributed by atoms with van der Waals surface area (Å²) in [6.07, 6.45) is 0. The molecule has 0 saturated carbocycles. The van der Waals surface area contributed by atoms with Crippen molar-refractivity contribution in [1.82, 2.24) is 4.98 Å². The molecule has 0 fully saturated rings. The van der Waals surface area contributed by atoms with Crippen LogP contribution in [0.3, 0.4) is 0 Å². The Morgan fingerprint density at radius 2 is 2.22 bits per heavy atom. The number of rotatable bonds is 0. The Bertz CT molecular complexity index is 176. The van der Waals surface area contributed by atoms with E-state index in [0.29, 0.717) is 0 Å². The van der Waals surface area contributed by atoms with Crippen LogP contribution in [0, 0.1) is 5.95 Å². The summed E-state index contributed by atoms with van der Waals surface area (Å²) in [5.74, 6) is -0.556. The van der Waals surface area contributed by atoms with E-state index in [-0.39, 0.29) is 10.8 Å². The molecule has 2 N–H and O–H groups in total. The topological polar surface area (TPSA) is 38.9 Å². The number of pyridine rings is 1. The lowest BCUT2D eigenvalue weighted by atomic mass is 10.5. The molecule has 0 aliphatic rings. The molecule has 0 aromatic carbocycles. The van der Waals surface area contributed by atoms with Crippen LogP contribution in [0.4, 0.5) is 10.2 Å². The van der Waals surface area contributed by atoms with Gasteiger partial charge in [-0.25, -0.2) is 4.98 Å². The summed E-state index contributed by atoms with van der Waals surface area (Å²) in [5, 5.41) is 0.264. The molecule has 1 aromatic rings. The van der Waals surface area contributed by atoms with Crippen molar-refractivity contribution in [3.63, 3.8) is 0 Å². The molecule has 0 unspecified atom stereocenters. The molecule has 0 spiro atoms. The van der Waals surface area contributed by atoms with Crippen LogP contribution in [0.5, 0.6) is 0 Å². The third-order valence-electron chi connectivity index (χ3n) is 0.779. The van der Waals surface area contributed by atoms with Gasteiger partial charge in [0.05, 0.1) is 0 Å². The smallest absolute Gasteiger partial charge is 0.216 e. The van der Waals surface area contributed by atoms with Crippen LogP contribution in [-0.4, -0.2) is 4.98 Å². The number of hydrogen-bond acceptors (Lipinski definition) is 2. The zero-order chi connectivity index (χ0) is 6.85. The number of hydrogen-bond donors (Lipinski definition) is 1. The van der Waals surface area contributed by atoms with Crippen LogP contribution in [-0.2, 0) is 0 Å². The van der Waals surface area contributed by atoms with Crippen LogP contribution in [0.25, 0.3) is 0 Å². The summed E-state index contributed by atoms with van der Waals surface area (Å²) in [6, 6.07) is 2.47. The number of nitrogen functional groups attached to an aromatic ring is 1. The Morgan fingerprint density at radius 3 is 2.67 bits per heavy atom. The fourth-order valence-corrected chi connectivity index (χ4v) is 0.686. The molecule has 0 radical (unpaired) electrons. The van der Waals surface area contributed by atoms with E-state index in [9.17, 15) is 4.39 Å². The molecule has 1 heterocycles. The van der Waals surface area contributed by atoms with Crippen LogP contribution in [0.15, 0.2) is 12.1 Å². The highest BCUT2D eigenvalue weighted by molar-refractivity contribution is 6.30. The molecule has 9 heavy (non-hydrogen) atoms. The Labute approximate surface area is 56.5 Å². The van der Waals surface area contributed by atoms with E-state index in [1.807, 2.05) is 0 Å². The molecule has 0 bridgehead atoms. The van der Waals surface area contributed by atoms with Crippen molar-refractivity contribution in [2.45, 2.75) is 0 Å². The monoisotopic (exact) mass is 146 g/mol. The molecule has 4 heteroatoms. The number of halogens is 2. The first-order chi connectivity index (χ1) is 4.18. The van der Waals surface area contributed by atoms with Gasteiger partial charge in [0.1, 0.15) is 5.82 Å². The van der Waals surface area contributed by atoms with E-state index < -0.39 is 5.95 Å². The first-order valence-corrected chi connectivity index (χ1v) is 2.65. The summed E-state index contributed by atoms with van der Waals surface area (Å²) in [7, 11) is 0. The second-order valence-electron chi connectivity index (χ2n) is 1.53. The highest BCUT2D eigenvalue weighted by atomic mass is 35.5. The molecule has 2 nitrogen and oxygen atoms in total. The van der Waals surface area contributed by atoms with Crippen LogP contribution in [0.1, 0.15) is 0 Å². The fourth-order valence-electron chi connectivity index (χ4n) is 0.485. The molecule has 1 aromatic heterocycles. The minimum atomic E-state index is -0.653. The van der Waals surface area contributed by atoms with Crippen molar-refractivity contribution in [3.8, 4) is 0 Å². The molecule has 0 aliphatic heterocycles. The molecule has 0 aliphatic carbocycles. The molecule has 48 valence electrons. The molecule has 0 atom stereocenters. The first kappa shape index (κ1) is 6.29. The van der Waals surface area contributed by atoms with Crippen molar-refractivity contribution in [2.24, 2.45) is 0 Å². The van der Waals surface area contributed by atoms with E-state index in [2.05, 4.69) is 4.98 Å². The SMILES string of the molecule is Nc1cc(Cl)cc(F)n1. The number of nitrogens with two attached hydrogens (primary N) is 1. The van der Waals surface area contributed by atoms with Gasteiger partial charge in [-0.2, -0.15) is 4.39 Å². The zero-order valence-electron chi connectivity index (χ0n) is 4.44. The summed E-state index contributed by atoms with van der Waals surface area (Å²) in [6.45, 7) is 0. The van der Waals surface area contributed by atoms with Crippen molar-refractivity contribution in [1.29, 1.82) is 0 Å². The van der Waals surface area contributed by atoms with Crippen LogP contribution < -0.4 is 5.73 Å². The van der Waals surface area contributed by atoms with E-state index in [0.717, 1.165) is 6.07 Å². The second kappa shape index (κ2) is 2.19. The predicted octanol–water partition coefficient (Wildman–Crippen LogP) is 1.46. The fraction of sp³-hybridized carbons (Fsp3) is 0. The summed E-state index contributed by atoms with van der Waals surface area (Å²) >= 11 is 5.39. The lowest BCUT2D eigenvalue weighted by Crippen LogP contribution is -1.91. The molecule has 0 saturated heterocycles. The number of anilines is 1. The summed E-state index contributed by atoms with van der Waals surface area (Å²) in [5.41, 5.74) is 5.12. The van der Waals surface area contributed by atoms with Crippen molar-refractivity contribution < 1.29 is 4.39 Å². The maximum absolute atomic E-state index is 12.2. The van der Waals surface area contributed by atoms with Crippen molar-refractivity contribution in [3.05, 3.63) is 23.1 Å². The average molecular weight is 147 g/mol. The normalized spacial score (nSPS) is 9.56. The Morgan fingerprint density at radius 1 is 1.56 bits per heavy atom. The first-order valence-electron chi connectivity index (χ1n) is 2.27. The summed E-state index contributed by atoms with van der Waals surface area (Å²) in [4.78, 5) is 3.26. The standard InChI is InChI=1S/C5H4ClFN2/c6-3-1-4(7)9-5(8)2-3/h1-2H,(H2,8,9). The van der Waals surface area contributed by atoms with E-state index in [1.165, 1.54) is 6.07 Å². The minimum Gasteiger partial charge on any atom is -0.384 e. The highest BCUT2D eigenvalue weighted by Crippen LogP contribution is 2.11. The molecular formula is C5H4ClFN2. The quantitative estimate of drug-likeness (QED) is 0.563. The van der Waals surface area contributed by atoms with Gasteiger partial charge in [-0.3, -0.25) is 0 Å². The Hall–Kier alpha value is -0.830. The van der Waals surface area contributed by atoms with Gasteiger partial charge in [-0.1, -0.05) is 11.6 Å². The zero-order valence-corrected chi connectivity index (χ0v) is 5.19. The van der Waals surface area contributed by atoms with Crippen molar-refractivity contribution in [2.75, 3.05) is 5.73 Å². The van der Waals surface area contributed by atoms with Gasteiger partial charge in [-0.15, -0.1) is 0 Å². The van der Waals surface area contributed by atoms with Gasteiger partial charge in [0.15, 0.2) is 0 Å². The average Bonchev–Trinajstić information content (AvgIpc) is 1.59. The lowest BCUT2D eigenvalue weighted by molar-refractivity contribution is 0.586. The molecular weight excluding hydrogens is 143 g/mol. The third-order valence-corrected chi connectivity index (χ3v) is 0.997. The van der Waals surface area contributed by atoms with Crippen LogP contribution in [0.2, 0.25) is 5.02 Å². The van der Waals surface area contributed by atoms with Gasteiger partial charge in [-0.05, 0) is 6.07 Å². The minimum absolute atomic E-state index is 0.0972. The largest absolute Gasteiger partial charge is 0.384 e. The van der Waals surface area contributed by atoms with E-state index in [4.69, 9.17) is 17.3 Å². The molecule has 1 rings (SSSR count). The lowest BCUT2D eigenvalue weighted by Gasteiger charge is -1.91. The maximum atomic E-state index is 12.2. The van der Waals surface area contributed by atoms with Gasteiger partial charge in [0.25, 0.3) is 0 Å². The maximum Gasteiger partial charge on any atom is 0.216 e. The van der Waals surface area contributed by atoms with Gasteiger partial charge < -0.3 is 5.73 Å². The highest BCUT2D eigenvalue weighted by Gasteiger charge is 1.94. The van der Waals surface area contributed by atoms with E-state index >= 15 is 0 Å². The second-order valence-corrected chi connectivity index (χ2v) is 1.97. The van der Waals surface area contributed by atoms with Gasteiger partial charge in [0, 0.05) is 11.1 Å².